The number of carbonyl (C=O) groups excluding carboxylic acids is 1. The van der Waals surface area contributed by atoms with Crippen LogP contribution in [0.3, 0.4) is 0 Å². The molecule has 1 aromatic heterocycles. The van der Waals surface area contributed by atoms with Crippen LogP contribution in [0.15, 0.2) is 24.4 Å². The maximum absolute atomic E-state index is 12.9. The molecule has 0 radical (unpaired) electrons. The molecule has 4 rings (SSSR count). The number of hydrogen-bond donors (Lipinski definition) is 1. The highest BCUT2D eigenvalue weighted by molar-refractivity contribution is 5.96. The quantitative estimate of drug-likeness (QED) is 0.560. The van der Waals surface area contributed by atoms with Crippen LogP contribution in [-0.2, 0) is 17.8 Å². The highest BCUT2D eigenvalue weighted by Gasteiger charge is 2.30. The Morgan fingerprint density at radius 2 is 2.06 bits per heavy atom. The van der Waals surface area contributed by atoms with Crippen molar-refractivity contribution < 1.29 is 14.5 Å². The minimum atomic E-state index is -0.488. The first-order chi connectivity index (χ1) is 15.0. The van der Waals surface area contributed by atoms with Crippen LogP contribution in [0.4, 0.5) is 11.4 Å². The van der Waals surface area contributed by atoms with E-state index in [1.54, 1.807) is 0 Å². The van der Waals surface area contributed by atoms with Gasteiger partial charge in [0.15, 0.2) is 0 Å². The third-order valence-corrected chi connectivity index (χ3v) is 6.51. The van der Waals surface area contributed by atoms with E-state index < -0.39 is 4.92 Å². The predicted molar refractivity (Wildman–Crippen MR) is 116 cm³/mol. The van der Waals surface area contributed by atoms with Crippen molar-refractivity contribution in [3.05, 3.63) is 46.0 Å². The molecule has 0 spiro atoms. The highest BCUT2D eigenvalue weighted by Crippen LogP contribution is 2.32. The number of imidazole rings is 1. The van der Waals surface area contributed by atoms with E-state index >= 15 is 0 Å². The van der Waals surface area contributed by atoms with Gasteiger partial charge in [0.25, 0.3) is 5.69 Å². The molecule has 2 aromatic rings. The number of anilines is 1. The van der Waals surface area contributed by atoms with Crippen LogP contribution >= 0.6 is 0 Å². The Morgan fingerprint density at radius 3 is 2.77 bits per heavy atom. The Morgan fingerprint density at radius 1 is 1.29 bits per heavy atom. The van der Waals surface area contributed by atoms with Crippen LogP contribution in [0.2, 0.25) is 0 Å². The zero-order chi connectivity index (χ0) is 22.0. The van der Waals surface area contributed by atoms with E-state index in [4.69, 9.17) is 9.72 Å². The molecular formula is C22H29N5O4. The second-order valence-electron chi connectivity index (χ2n) is 8.33. The lowest BCUT2D eigenvalue weighted by molar-refractivity contribution is -0.384. The SMILES string of the molecule is COc1ccc([N+](=O)[O-])cc1NC(=O)C(C)N1CCC(c2ncc3n2CCCC3)CC1. The summed E-state index contributed by atoms with van der Waals surface area (Å²) in [6.45, 7) is 4.56. The summed E-state index contributed by atoms with van der Waals surface area (Å²) >= 11 is 0. The molecule has 9 heteroatoms. The van der Waals surface area contributed by atoms with Gasteiger partial charge in [0, 0.05) is 36.5 Å². The number of nitro groups is 1. The number of carbonyl (C=O) groups is 1. The maximum Gasteiger partial charge on any atom is 0.271 e. The number of aromatic nitrogens is 2. The van der Waals surface area contributed by atoms with Crippen LogP contribution in [0.1, 0.15) is 50.0 Å². The summed E-state index contributed by atoms with van der Waals surface area (Å²) in [6.07, 6.45) is 7.54. The van der Waals surface area contributed by atoms with E-state index in [0.717, 1.165) is 38.9 Å². The third-order valence-electron chi connectivity index (χ3n) is 6.51. The van der Waals surface area contributed by atoms with Crippen LogP contribution in [0.5, 0.6) is 5.75 Å². The maximum atomic E-state index is 12.9. The number of nitrogens with zero attached hydrogens (tertiary/aromatic N) is 4. The number of benzene rings is 1. The largest absolute Gasteiger partial charge is 0.495 e. The average Bonchev–Trinajstić information content (AvgIpc) is 3.22. The Hall–Kier alpha value is -2.94. The molecule has 9 nitrogen and oxygen atoms in total. The Bertz CT molecular complexity index is 965. The minimum Gasteiger partial charge on any atom is -0.495 e. The third kappa shape index (κ3) is 4.41. The second kappa shape index (κ2) is 9.05. The number of nitrogens with one attached hydrogen (secondary N) is 1. The zero-order valence-corrected chi connectivity index (χ0v) is 18.0. The standard InChI is InChI=1S/C22H29N5O4/c1-15(22(28)24-19-13-17(27(29)30)6-7-20(19)31-2)25-11-8-16(9-12-25)21-23-14-18-5-3-4-10-26(18)21/h6-7,13-16H,3-5,8-12H2,1-2H3,(H,24,28). The summed E-state index contributed by atoms with van der Waals surface area (Å²) in [7, 11) is 1.47. The fourth-order valence-corrected chi connectivity index (χ4v) is 4.64. The molecule has 2 aliphatic rings. The molecule has 1 N–H and O–H groups in total. The Labute approximate surface area is 181 Å². The lowest BCUT2D eigenvalue weighted by Crippen LogP contribution is -2.46. The summed E-state index contributed by atoms with van der Waals surface area (Å²) < 4.78 is 7.64. The van der Waals surface area contributed by atoms with E-state index in [0.29, 0.717) is 17.4 Å². The second-order valence-corrected chi connectivity index (χ2v) is 8.33. The van der Waals surface area contributed by atoms with Gasteiger partial charge in [-0.2, -0.15) is 0 Å². The molecule has 3 heterocycles. The fraction of sp³-hybridized carbons (Fsp3) is 0.545. The molecule has 1 unspecified atom stereocenters. The fourth-order valence-electron chi connectivity index (χ4n) is 4.64. The first-order valence-electron chi connectivity index (χ1n) is 10.9. The van der Waals surface area contributed by atoms with Crippen LogP contribution in [0.25, 0.3) is 0 Å². The molecule has 31 heavy (non-hydrogen) atoms. The molecule has 166 valence electrons. The molecule has 0 saturated carbocycles. The Kier molecular flexibility index (Phi) is 6.22. The molecule has 2 aliphatic heterocycles. The van der Waals surface area contributed by atoms with Crippen molar-refractivity contribution in [1.82, 2.24) is 14.5 Å². The van der Waals surface area contributed by atoms with Crippen LogP contribution < -0.4 is 10.1 Å². The van der Waals surface area contributed by atoms with Gasteiger partial charge < -0.3 is 14.6 Å². The van der Waals surface area contributed by atoms with Crippen LogP contribution in [-0.4, -0.2) is 51.5 Å². The average molecular weight is 428 g/mol. The molecule has 1 saturated heterocycles. The number of ether oxygens (including phenoxy) is 1. The molecule has 1 aromatic carbocycles. The van der Waals surface area contributed by atoms with Gasteiger partial charge in [0.1, 0.15) is 11.6 Å². The highest BCUT2D eigenvalue weighted by atomic mass is 16.6. The molecule has 0 bridgehead atoms. The van der Waals surface area contributed by atoms with Gasteiger partial charge in [-0.3, -0.25) is 19.8 Å². The van der Waals surface area contributed by atoms with Gasteiger partial charge in [-0.25, -0.2) is 4.98 Å². The molecular weight excluding hydrogens is 398 g/mol. The number of methoxy groups -OCH3 is 1. The minimum absolute atomic E-state index is 0.0902. The van der Waals surface area contributed by atoms with Crippen molar-refractivity contribution >= 4 is 17.3 Å². The lowest BCUT2D eigenvalue weighted by atomic mass is 9.94. The van der Waals surface area contributed by atoms with E-state index in [-0.39, 0.29) is 17.6 Å². The summed E-state index contributed by atoms with van der Waals surface area (Å²) in [5.41, 5.74) is 1.57. The molecule has 1 atom stereocenters. The first kappa shape index (κ1) is 21.3. The number of nitro benzene ring substituents is 1. The number of likely N-dealkylation sites (tertiary alicyclic amines) is 1. The van der Waals surface area contributed by atoms with Crippen molar-refractivity contribution in [3.8, 4) is 5.75 Å². The smallest absolute Gasteiger partial charge is 0.271 e. The lowest BCUT2D eigenvalue weighted by Gasteiger charge is -2.35. The van der Waals surface area contributed by atoms with Crippen molar-refractivity contribution in [2.75, 3.05) is 25.5 Å². The van der Waals surface area contributed by atoms with Gasteiger partial charge in [0.05, 0.1) is 23.8 Å². The van der Waals surface area contributed by atoms with Gasteiger partial charge in [-0.1, -0.05) is 0 Å². The van der Waals surface area contributed by atoms with Gasteiger partial charge in [-0.05, 0) is 58.2 Å². The van der Waals surface area contributed by atoms with E-state index in [1.807, 2.05) is 13.1 Å². The topological polar surface area (TPSA) is 103 Å². The number of rotatable bonds is 6. The number of aryl methyl sites for hydroxylation is 1. The summed E-state index contributed by atoms with van der Waals surface area (Å²) in [4.78, 5) is 30.3. The Balaban J connectivity index is 1.38. The number of non-ortho nitro benzene ring substituents is 1. The van der Waals surface area contributed by atoms with E-state index in [9.17, 15) is 14.9 Å². The van der Waals surface area contributed by atoms with Gasteiger partial charge >= 0.3 is 0 Å². The monoisotopic (exact) mass is 427 g/mol. The number of hydrogen-bond acceptors (Lipinski definition) is 6. The summed E-state index contributed by atoms with van der Waals surface area (Å²) in [6, 6.07) is 3.84. The summed E-state index contributed by atoms with van der Waals surface area (Å²) in [5, 5.41) is 13.9. The molecule has 1 amide bonds. The zero-order valence-electron chi connectivity index (χ0n) is 18.0. The van der Waals surface area contributed by atoms with Crippen molar-refractivity contribution in [2.24, 2.45) is 0 Å². The number of piperidine rings is 1. The number of amides is 1. The predicted octanol–water partition coefficient (Wildman–Crippen LogP) is 3.34. The molecule has 1 fully saturated rings. The number of fused-ring (bicyclic) bond motifs is 1. The summed E-state index contributed by atoms with van der Waals surface area (Å²) in [5.74, 6) is 1.83. The van der Waals surface area contributed by atoms with Crippen molar-refractivity contribution in [3.63, 3.8) is 0 Å². The van der Waals surface area contributed by atoms with Crippen molar-refractivity contribution in [1.29, 1.82) is 0 Å². The van der Waals surface area contributed by atoms with Gasteiger partial charge in [0.2, 0.25) is 5.91 Å². The van der Waals surface area contributed by atoms with E-state index in [2.05, 4.69) is 14.8 Å². The normalized spacial score (nSPS) is 18.3. The van der Waals surface area contributed by atoms with E-state index in [1.165, 1.54) is 49.7 Å². The van der Waals surface area contributed by atoms with Crippen molar-refractivity contribution in [2.45, 2.75) is 57.5 Å². The van der Waals surface area contributed by atoms with Gasteiger partial charge in [-0.15, -0.1) is 0 Å². The first-order valence-corrected chi connectivity index (χ1v) is 10.9. The van der Waals surface area contributed by atoms with Crippen LogP contribution in [0, 0.1) is 10.1 Å². The molecule has 0 aliphatic carbocycles.